The summed E-state index contributed by atoms with van der Waals surface area (Å²) < 4.78 is 7.12. The van der Waals surface area contributed by atoms with Gasteiger partial charge in [-0.2, -0.15) is 0 Å². The molecule has 0 saturated carbocycles. The molecule has 1 aromatic rings. The SMILES string of the molecule is CCOC(=O)N1CC[C@H](NCCn2ccnc2C)C1. The van der Waals surface area contributed by atoms with Crippen molar-refractivity contribution in [2.75, 3.05) is 26.2 Å². The first-order valence-electron chi connectivity index (χ1n) is 6.83. The van der Waals surface area contributed by atoms with Crippen LogP contribution in [0.2, 0.25) is 0 Å². The molecule has 6 heteroatoms. The van der Waals surface area contributed by atoms with Crippen molar-refractivity contribution >= 4 is 6.09 Å². The highest BCUT2D eigenvalue weighted by atomic mass is 16.6. The van der Waals surface area contributed by atoms with Gasteiger partial charge < -0.3 is 19.5 Å². The average Bonchev–Trinajstić information content (AvgIpc) is 3.00. The predicted molar refractivity (Wildman–Crippen MR) is 72.0 cm³/mol. The Labute approximate surface area is 113 Å². The molecule has 2 heterocycles. The number of amides is 1. The largest absolute Gasteiger partial charge is 0.450 e. The maximum atomic E-state index is 11.6. The van der Waals surface area contributed by atoms with Crippen LogP contribution < -0.4 is 5.32 Å². The summed E-state index contributed by atoms with van der Waals surface area (Å²) >= 11 is 0. The highest BCUT2D eigenvalue weighted by Gasteiger charge is 2.26. The van der Waals surface area contributed by atoms with E-state index in [0.717, 1.165) is 38.4 Å². The second kappa shape index (κ2) is 6.56. The van der Waals surface area contributed by atoms with E-state index in [4.69, 9.17) is 4.74 Å². The first-order chi connectivity index (χ1) is 9.20. The smallest absolute Gasteiger partial charge is 0.409 e. The van der Waals surface area contributed by atoms with Gasteiger partial charge in [-0.3, -0.25) is 0 Å². The number of ether oxygens (including phenoxy) is 1. The number of nitrogens with zero attached hydrogens (tertiary/aromatic N) is 3. The number of aromatic nitrogens is 2. The minimum Gasteiger partial charge on any atom is -0.450 e. The second-order valence-electron chi connectivity index (χ2n) is 4.75. The highest BCUT2D eigenvalue weighted by Crippen LogP contribution is 2.10. The van der Waals surface area contributed by atoms with E-state index < -0.39 is 0 Å². The molecule has 19 heavy (non-hydrogen) atoms. The topological polar surface area (TPSA) is 59.4 Å². The van der Waals surface area contributed by atoms with E-state index in [2.05, 4.69) is 14.9 Å². The number of likely N-dealkylation sites (tertiary alicyclic amines) is 1. The Morgan fingerprint density at radius 1 is 1.63 bits per heavy atom. The van der Waals surface area contributed by atoms with Crippen LogP contribution in [0, 0.1) is 6.92 Å². The molecular weight excluding hydrogens is 244 g/mol. The lowest BCUT2D eigenvalue weighted by Crippen LogP contribution is -2.36. The zero-order valence-corrected chi connectivity index (χ0v) is 11.6. The van der Waals surface area contributed by atoms with Crippen LogP contribution in [0.3, 0.4) is 0 Å². The van der Waals surface area contributed by atoms with E-state index in [0.29, 0.717) is 12.6 Å². The summed E-state index contributed by atoms with van der Waals surface area (Å²) in [6.45, 7) is 7.57. The summed E-state index contributed by atoms with van der Waals surface area (Å²) in [5.41, 5.74) is 0. The van der Waals surface area contributed by atoms with Crippen LogP contribution >= 0.6 is 0 Å². The summed E-state index contributed by atoms with van der Waals surface area (Å²) in [6.07, 6.45) is 4.59. The molecule has 0 aromatic carbocycles. The quantitative estimate of drug-likeness (QED) is 0.864. The third-order valence-electron chi connectivity index (χ3n) is 3.42. The fourth-order valence-electron chi connectivity index (χ4n) is 2.34. The normalized spacial score (nSPS) is 18.8. The lowest BCUT2D eigenvalue weighted by atomic mass is 10.2. The van der Waals surface area contributed by atoms with Gasteiger partial charge in [-0.1, -0.05) is 0 Å². The van der Waals surface area contributed by atoms with Gasteiger partial charge >= 0.3 is 6.09 Å². The van der Waals surface area contributed by atoms with Gasteiger partial charge in [0.15, 0.2) is 0 Å². The van der Waals surface area contributed by atoms with Gasteiger partial charge in [-0.15, -0.1) is 0 Å². The lowest BCUT2D eigenvalue weighted by Gasteiger charge is -2.16. The maximum absolute atomic E-state index is 11.6. The lowest BCUT2D eigenvalue weighted by molar-refractivity contribution is 0.115. The molecule has 0 spiro atoms. The van der Waals surface area contributed by atoms with Crippen LogP contribution in [0.5, 0.6) is 0 Å². The number of nitrogens with one attached hydrogen (secondary N) is 1. The first-order valence-corrected chi connectivity index (χ1v) is 6.83. The summed E-state index contributed by atoms with van der Waals surface area (Å²) in [7, 11) is 0. The fourth-order valence-corrected chi connectivity index (χ4v) is 2.34. The molecule has 1 aromatic heterocycles. The Morgan fingerprint density at radius 3 is 3.16 bits per heavy atom. The fraction of sp³-hybridized carbons (Fsp3) is 0.692. The number of aryl methyl sites for hydroxylation is 1. The van der Waals surface area contributed by atoms with Crippen molar-refractivity contribution in [3.05, 3.63) is 18.2 Å². The molecule has 1 saturated heterocycles. The molecular formula is C13H22N4O2. The first kappa shape index (κ1) is 13.9. The molecule has 0 aliphatic carbocycles. The van der Waals surface area contributed by atoms with Crippen LogP contribution in [-0.4, -0.2) is 52.8 Å². The highest BCUT2D eigenvalue weighted by molar-refractivity contribution is 5.68. The van der Waals surface area contributed by atoms with Gasteiger partial charge in [0.1, 0.15) is 5.82 Å². The van der Waals surface area contributed by atoms with E-state index in [9.17, 15) is 4.79 Å². The van der Waals surface area contributed by atoms with Crippen molar-refractivity contribution in [1.82, 2.24) is 19.8 Å². The summed E-state index contributed by atoms with van der Waals surface area (Å²) in [4.78, 5) is 17.5. The number of carbonyl (C=O) groups excluding carboxylic acids is 1. The molecule has 0 bridgehead atoms. The molecule has 1 N–H and O–H groups in total. The molecule has 6 nitrogen and oxygen atoms in total. The predicted octanol–water partition coefficient (Wildman–Crippen LogP) is 1.01. The van der Waals surface area contributed by atoms with Crippen molar-refractivity contribution in [1.29, 1.82) is 0 Å². The van der Waals surface area contributed by atoms with Gasteiger partial charge in [-0.25, -0.2) is 9.78 Å². The molecule has 1 aliphatic heterocycles. The molecule has 0 radical (unpaired) electrons. The number of hydrogen-bond acceptors (Lipinski definition) is 4. The zero-order chi connectivity index (χ0) is 13.7. The molecule has 106 valence electrons. The Hall–Kier alpha value is -1.56. The van der Waals surface area contributed by atoms with Crippen LogP contribution in [0.1, 0.15) is 19.2 Å². The number of hydrogen-bond donors (Lipinski definition) is 1. The van der Waals surface area contributed by atoms with Crippen molar-refractivity contribution in [3.8, 4) is 0 Å². The van der Waals surface area contributed by atoms with Crippen molar-refractivity contribution < 1.29 is 9.53 Å². The van der Waals surface area contributed by atoms with Crippen LogP contribution in [0.4, 0.5) is 4.79 Å². The zero-order valence-electron chi connectivity index (χ0n) is 11.6. The van der Waals surface area contributed by atoms with Gasteiger partial charge in [0.25, 0.3) is 0 Å². The van der Waals surface area contributed by atoms with Crippen LogP contribution in [-0.2, 0) is 11.3 Å². The maximum Gasteiger partial charge on any atom is 0.409 e. The average molecular weight is 266 g/mol. The van der Waals surface area contributed by atoms with Crippen molar-refractivity contribution in [2.24, 2.45) is 0 Å². The van der Waals surface area contributed by atoms with Gasteiger partial charge in [0.2, 0.25) is 0 Å². The minimum absolute atomic E-state index is 0.197. The van der Waals surface area contributed by atoms with E-state index in [1.807, 2.05) is 26.2 Å². The van der Waals surface area contributed by atoms with Crippen LogP contribution in [0.25, 0.3) is 0 Å². The van der Waals surface area contributed by atoms with E-state index in [1.165, 1.54) is 0 Å². The Balaban J connectivity index is 1.68. The summed E-state index contributed by atoms with van der Waals surface area (Å²) in [5, 5.41) is 3.48. The summed E-state index contributed by atoms with van der Waals surface area (Å²) in [5.74, 6) is 1.03. The standard InChI is InChI=1S/C13H22N4O2/c1-3-19-13(18)17-7-4-12(10-17)15-6-9-16-8-5-14-11(16)2/h5,8,12,15H,3-4,6-7,9-10H2,1-2H3/t12-/m0/s1. The van der Waals surface area contributed by atoms with Gasteiger partial charge in [-0.05, 0) is 20.3 Å². The second-order valence-corrected chi connectivity index (χ2v) is 4.75. The van der Waals surface area contributed by atoms with Crippen molar-refractivity contribution in [3.63, 3.8) is 0 Å². The van der Waals surface area contributed by atoms with E-state index in [-0.39, 0.29) is 6.09 Å². The molecule has 1 fully saturated rings. The van der Waals surface area contributed by atoms with E-state index >= 15 is 0 Å². The Morgan fingerprint density at radius 2 is 2.47 bits per heavy atom. The minimum atomic E-state index is -0.197. The van der Waals surface area contributed by atoms with E-state index in [1.54, 1.807) is 4.90 Å². The van der Waals surface area contributed by atoms with Gasteiger partial charge in [0, 0.05) is 44.6 Å². The number of carbonyl (C=O) groups is 1. The van der Waals surface area contributed by atoms with Crippen LogP contribution in [0.15, 0.2) is 12.4 Å². The van der Waals surface area contributed by atoms with Gasteiger partial charge in [0.05, 0.1) is 6.61 Å². The molecule has 0 unspecified atom stereocenters. The number of imidazole rings is 1. The molecule has 1 atom stereocenters. The monoisotopic (exact) mass is 266 g/mol. The third kappa shape index (κ3) is 3.70. The summed E-state index contributed by atoms with van der Waals surface area (Å²) in [6, 6.07) is 0.369. The number of rotatable bonds is 5. The third-order valence-corrected chi connectivity index (χ3v) is 3.42. The molecule has 2 rings (SSSR count). The van der Waals surface area contributed by atoms with Crippen molar-refractivity contribution in [2.45, 2.75) is 32.9 Å². The Bertz CT molecular complexity index is 419. The molecule has 1 aliphatic rings. The Kier molecular flexibility index (Phi) is 4.79. The molecule has 1 amide bonds.